The molecule has 8 aromatic rings. The highest BCUT2D eigenvalue weighted by atomic mass is 15.3. The van der Waals surface area contributed by atoms with Crippen LogP contribution in [0.1, 0.15) is 0 Å². The molecule has 3 aromatic carbocycles. The molecule has 0 aliphatic carbocycles. The van der Waals surface area contributed by atoms with E-state index in [0.29, 0.717) is 17.7 Å². The molecule has 7 heteroatoms. The monoisotopic (exact) mass is 489 g/mol. The van der Waals surface area contributed by atoms with Crippen molar-refractivity contribution >= 4 is 43.6 Å². The number of nitrogens with zero attached hydrogens (tertiary/aromatic N) is 7. The summed E-state index contributed by atoms with van der Waals surface area (Å²) < 4.78 is 4.14. The lowest BCUT2D eigenvalue weighted by Gasteiger charge is -2.12. The van der Waals surface area contributed by atoms with Crippen LogP contribution in [0.2, 0.25) is 0 Å². The summed E-state index contributed by atoms with van der Waals surface area (Å²) in [5, 5.41) is 4.43. The highest BCUT2D eigenvalue weighted by Gasteiger charge is 2.20. The van der Waals surface area contributed by atoms with Crippen molar-refractivity contribution in [1.29, 1.82) is 0 Å². The Bertz CT molecular complexity index is 1900. The molecule has 5 aromatic heterocycles. The second-order valence-electron chi connectivity index (χ2n) is 9.12. The van der Waals surface area contributed by atoms with E-state index in [9.17, 15) is 0 Å². The molecular weight excluding hydrogens is 470 g/mol. The van der Waals surface area contributed by atoms with Gasteiger partial charge in [0.15, 0.2) is 5.82 Å². The molecule has 0 aliphatic heterocycles. The van der Waals surface area contributed by atoms with E-state index in [4.69, 9.17) is 15.0 Å². The smallest absolute Gasteiger partial charge is 0.240 e. The van der Waals surface area contributed by atoms with Gasteiger partial charge in [-0.15, -0.1) is 0 Å². The lowest BCUT2D eigenvalue weighted by molar-refractivity contribution is 0.891. The summed E-state index contributed by atoms with van der Waals surface area (Å²) in [6.45, 7) is 0. The second-order valence-corrected chi connectivity index (χ2v) is 9.12. The fourth-order valence-electron chi connectivity index (χ4n) is 5.34. The zero-order valence-electron chi connectivity index (χ0n) is 20.1. The minimum atomic E-state index is 0.530. The van der Waals surface area contributed by atoms with Crippen molar-refractivity contribution in [2.24, 2.45) is 0 Å². The van der Waals surface area contributed by atoms with E-state index in [-0.39, 0.29) is 0 Å². The molecule has 178 valence electrons. The maximum atomic E-state index is 5.09. The van der Waals surface area contributed by atoms with Crippen LogP contribution < -0.4 is 0 Å². The van der Waals surface area contributed by atoms with Crippen LogP contribution in [0.3, 0.4) is 0 Å². The number of fused-ring (bicyclic) bond motifs is 6. The third kappa shape index (κ3) is 2.99. The molecule has 0 saturated heterocycles. The van der Waals surface area contributed by atoms with Crippen LogP contribution in [0, 0.1) is 0 Å². The molecule has 0 saturated carbocycles. The summed E-state index contributed by atoms with van der Waals surface area (Å²) in [7, 11) is 0. The molecule has 0 aliphatic rings. The topological polar surface area (TPSA) is 74.3 Å². The van der Waals surface area contributed by atoms with Crippen molar-refractivity contribution in [2.45, 2.75) is 0 Å². The molecule has 0 unspecified atom stereocenters. The fourth-order valence-corrected chi connectivity index (χ4v) is 5.34. The Balaban J connectivity index is 1.51. The van der Waals surface area contributed by atoms with Gasteiger partial charge in [-0.2, -0.15) is 15.0 Å². The molecule has 0 amide bonds. The molecule has 7 nitrogen and oxygen atoms in total. The number of hydrogen-bond donors (Lipinski definition) is 0. The Morgan fingerprint density at radius 3 is 1.45 bits per heavy atom. The van der Waals surface area contributed by atoms with Crippen molar-refractivity contribution in [3.05, 3.63) is 116 Å². The van der Waals surface area contributed by atoms with Gasteiger partial charge in [0.1, 0.15) is 0 Å². The zero-order valence-corrected chi connectivity index (χ0v) is 20.1. The van der Waals surface area contributed by atoms with Crippen molar-refractivity contribution < 1.29 is 0 Å². The van der Waals surface area contributed by atoms with Gasteiger partial charge < -0.3 is 0 Å². The highest BCUT2D eigenvalue weighted by Crippen LogP contribution is 2.33. The lowest BCUT2D eigenvalue weighted by Crippen LogP contribution is -2.10. The van der Waals surface area contributed by atoms with Gasteiger partial charge in [-0.3, -0.25) is 19.1 Å². The van der Waals surface area contributed by atoms with Crippen LogP contribution >= 0.6 is 0 Å². The van der Waals surface area contributed by atoms with Gasteiger partial charge in [0.25, 0.3) is 0 Å². The highest BCUT2D eigenvalue weighted by molar-refractivity contribution is 6.09. The summed E-state index contributed by atoms with van der Waals surface area (Å²) in [6, 6.07) is 30.7. The van der Waals surface area contributed by atoms with Crippen molar-refractivity contribution in [3.63, 3.8) is 0 Å². The predicted octanol–water partition coefficient (Wildman–Crippen LogP) is 6.52. The Hall–Kier alpha value is -5.43. The maximum absolute atomic E-state index is 5.09. The molecule has 0 fully saturated rings. The Morgan fingerprint density at radius 1 is 0.421 bits per heavy atom. The van der Waals surface area contributed by atoms with Crippen molar-refractivity contribution in [3.8, 4) is 23.3 Å². The quantitative estimate of drug-likeness (QED) is 0.282. The Morgan fingerprint density at radius 2 is 0.895 bits per heavy atom. The molecule has 5 heterocycles. The SMILES string of the molecule is c1ccc(-c2nc(-n3c4ccccc4c4ccncc43)nc(-n3c4ccccc4c4ccncc43)n2)cc1. The van der Waals surface area contributed by atoms with E-state index < -0.39 is 0 Å². The number of rotatable bonds is 3. The first-order valence-corrected chi connectivity index (χ1v) is 12.4. The molecular formula is C31H19N7. The van der Waals surface area contributed by atoms with E-state index in [1.54, 1.807) is 0 Å². The number of hydrogen-bond acceptors (Lipinski definition) is 5. The van der Waals surface area contributed by atoms with Crippen LogP contribution in [0.5, 0.6) is 0 Å². The number of aromatic nitrogens is 7. The number of pyridine rings is 2. The minimum Gasteiger partial charge on any atom is -0.276 e. The maximum Gasteiger partial charge on any atom is 0.240 e. The standard InChI is InChI=1S/C31H19N7/c1-2-8-20(9-3-1)29-34-30(37-25-12-6-4-10-21(25)23-14-16-32-18-27(23)37)36-31(35-29)38-26-13-7-5-11-22(26)24-15-17-33-19-28(24)38/h1-19H. The van der Waals surface area contributed by atoms with Crippen molar-refractivity contribution in [2.75, 3.05) is 0 Å². The molecule has 0 bridgehead atoms. The second kappa shape index (κ2) is 8.04. The van der Waals surface area contributed by atoms with Gasteiger partial charge >= 0.3 is 0 Å². The summed E-state index contributed by atoms with van der Waals surface area (Å²) in [4.78, 5) is 23.9. The van der Waals surface area contributed by atoms with E-state index >= 15 is 0 Å². The van der Waals surface area contributed by atoms with Crippen LogP contribution in [-0.4, -0.2) is 34.1 Å². The Kier molecular flexibility index (Phi) is 4.39. The molecule has 0 radical (unpaired) electrons. The van der Waals surface area contributed by atoms with E-state index in [0.717, 1.165) is 49.2 Å². The first-order valence-electron chi connectivity index (χ1n) is 12.4. The minimum absolute atomic E-state index is 0.530. The van der Waals surface area contributed by atoms with E-state index in [1.807, 2.05) is 91.5 Å². The number of para-hydroxylation sites is 2. The Labute approximate surface area is 216 Å². The van der Waals surface area contributed by atoms with E-state index in [1.165, 1.54) is 0 Å². The number of benzene rings is 3. The summed E-state index contributed by atoms with van der Waals surface area (Å²) in [5.74, 6) is 1.65. The average molecular weight is 490 g/mol. The van der Waals surface area contributed by atoms with Crippen LogP contribution in [0.4, 0.5) is 0 Å². The first kappa shape index (κ1) is 20.7. The van der Waals surface area contributed by atoms with Gasteiger partial charge in [0.2, 0.25) is 11.9 Å². The summed E-state index contributed by atoms with van der Waals surface area (Å²) >= 11 is 0. The molecule has 0 spiro atoms. The van der Waals surface area contributed by atoms with Crippen LogP contribution in [0.15, 0.2) is 116 Å². The molecule has 38 heavy (non-hydrogen) atoms. The molecule has 8 rings (SSSR count). The predicted molar refractivity (Wildman–Crippen MR) is 150 cm³/mol. The van der Waals surface area contributed by atoms with Gasteiger partial charge in [0.05, 0.1) is 34.5 Å². The zero-order chi connectivity index (χ0) is 25.1. The normalized spacial score (nSPS) is 11.7. The molecule has 0 N–H and O–H groups in total. The van der Waals surface area contributed by atoms with Gasteiger partial charge in [-0.05, 0) is 24.3 Å². The summed E-state index contributed by atoms with van der Waals surface area (Å²) in [6.07, 6.45) is 7.37. The third-order valence-electron chi connectivity index (χ3n) is 7.00. The first-order chi connectivity index (χ1) is 18.9. The summed E-state index contributed by atoms with van der Waals surface area (Å²) in [5.41, 5.74) is 4.81. The van der Waals surface area contributed by atoms with Crippen LogP contribution in [-0.2, 0) is 0 Å². The van der Waals surface area contributed by atoms with Gasteiger partial charge in [-0.1, -0.05) is 66.7 Å². The van der Waals surface area contributed by atoms with Crippen LogP contribution in [0.25, 0.3) is 66.9 Å². The van der Waals surface area contributed by atoms with Gasteiger partial charge in [-0.25, -0.2) is 0 Å². The fraction of sp³-hybridized carbons (Fsp3) is 0. The third-order valence-corrected chi connectivity index (χ3v) is 7.00. The lowest BCUT2D eigenvalue weighted by atomic mass is 10.2. The largest absolute Gasteiger partial charge is 0.276 e. The van der Waals surface area contributed by atoms with E-state index in [2.05, 4.69) is 43.4 Å². The average Bonchev–Trinajstić information content (AvgIpc) is 3.51. The molecule has 0 atom stereocenters. The van der Waals surface area contributed by atoms with Gasteiger partial charge in [0, 0.05) is 39.5 Å². The van der Waals surface area contributed by atoms with Crippen molar-refractivity contribution in [1.82, 2.24) is 34.1 Å².